The van der Waals surface area contributed by atoms with Gasteiger partial charge in [-0.3, -0.25) is 24.1 Å². The molecule has 1 N–H and O–H groups in total. The van der Waals surface area contributed by atoms with E-state index < -0.39 is 0 Å². The number of carbonyl (C=O) groups is 4. The van der Waals surface area contributed by atoms with E-state index >= 15 is 0 Å². The van der Waals surface area contributed by atoms with Gasteiger partial charge in [0.15, 0.2) is 6.61 Å². The van der Waals surface area contributed by atoms with Crippen LogP contribution in [0.4, 0.5) is 11.4 Å². The number of imide groups is 1. The second-order valence-electron chi connectivity index (χ2n) is 8.54. The molecular weight excluding hydrogens is 482 g/mol. The highest BCUT2D eigenvalue weighted by atomic mass is 35.5. The number of nitrogens with one attached hydrogen (secondary N) is 1. The fourth-order valence-electron chi connectivity index (χ4n) is 4.33. The van der Waals surface area contributed by atoms with E-state index in [4.69, 9.17) is 16.3 Å². The first-order valence-corrected chi connectivity index (χ1v) is 11.9. The maximum absolute atomic E-state index is 12.6. The van der Waals surface area contributed by atoms with E-state index in [0.717, 1.165) is 5.56 Å². The molecule has 0 saturated heterocycles. The summed E-state index contributed by atoms with van der Waals surface area (Å²) in [6.45, 7) is 0.393. The molecule has 0 spiro atoms. The summed E-state index contributed by atoms with van der Waals surface area (Å²) in [6.07, 6.45) is 0.441. The van der Waals surface area contributed by atoms with Crippen molar-refractivity contribution < 1.29 is 23.9 Å². The van der Waals surface area contributed by atoms with Crippen LogP contribution in [0.15, 0.2) is 66.7 Å². The Labute approximate surface area is 212 Å². The number of hydrogen-bond acceptors (Lipinski definition) is 5. The van der Waals surface area contributed by atoms with Crippen LogP contribution in [0.25, 0.3) is 0 Å². The van der Waals surface area contributed by atoms with E-state index in [9.17, 15) is 19.2 Å². The summed E-state index contributed by atoms with van der Waals surface area (Å²) in [7, 11) is 0. The lowest BCUT2D eigenvalue weighted by Crippen LogP contribution is -2.38. The number of carbonyl (C=O) groups excluding carboxylic acids is 4. The van der Waals surface area contributed by atoms with Crippen molar-refractivity contribution in [1.29, 1.82) is 0 Å². The van der Waals surface area contributed by atoms with Crippen molar-refractivity contribution in [2.75, 3.05) is 23.4 Å². The molecule has 8 nitrogen and oxygen atoms in total. The first kappa shape index (κ1) is 23.6. The first-order valence-electron chi connectivity index (χ1n) is 11.5. The monoisotopic (exact) mass is 503 g/mol. The number of anilines is 2. The molecule has 36 heavy (non-hydrogen) atoms. The van der Waals surface area contributed by atoms with Crippen LogP contribution in [0.2, 0.25) is 5.02 Å². The molecule has 5 rings (SSSR count). The maximum Gasteiger partial charge on any atom is 0.265 e. The molecule has 0 aliphatic carbocycles. The molecule has 182 valence electrons. The van der Waals surface area contributed by atoms with Gasteiger partial charge in [0.2, 0.25) is 5.91 Å². The van der Waals surface area contributed by atoms with E-state index in [-0.39, 0.29) is 43.2 Å². The number of fused-ring (bicyclic) bond motifs is 2. The third-order valence-corrected chi connectivity index (χ3v) is 6.31. The topological polar surface area (TPSA) is 96.0 Å². The predicted octanol–water partition coefficient (Wildman–Crippen LogP) is 4.28. The maximum atomic E-state index is 12.6. The fourth-order valence-corrected chi connectivity index (χ4v) is 4.55. The molecule has 0 radical (unpaired) electrons. The van der Waals surface area contributed by atoms with Crippen LogP contribution >= 0.6 is 11.6 Å². The molecule has 0 saturated carbocycles. The van der Waals surface area contributed by atoms with Gasteiger partial charge in [-0.2, -0.15) is 0 Å². The smallest absolute Gasteiger partial charge is 0.265 e. The lowest BCUT2D eigenvalue weighted by atomic mass is 10.1. The lowest BCUT2D eigenvalue weighted by molar-refractivity contribution is -0.121. The van der Waals surface area contributed by atoms with Crippen LogP contribution < -0.4 is 15.0 Å². The van der Waals surface area contributed by atoms with Gasteiger partial charge in [0.25, 0.3) is 17.7 Å². The van der Waals surface area contributed by atoms with Crippen LogP contribution in [-0.4, -0.2) is 41.7 Å². The minimum Gasteiger partial charge on any atom is -0.482 e. The van der Waals surface area contributed by atoms with Crippen LogP contribution in [0.5, 0.6) is 5.75 Å². The molecule has 2 aliphatic rings. The van der Waals surface area contributed by atoms with E-state index in [1.165, 1.54) is 4.90 Å². The molecule has 0 unspecified atom stereocenters. The summed E-state index contributed by atoms with van der Waals surface area (Å²) in [6, 6.07) is 19.1. The van der Waals surface area contributed by atoms with Crippen molar-refractivity contribution in [2.24, 2.45) is 0 Å². The highest BCUT2D eigenvalue weighted by molar-refractivity contribution is 6.30. The Morgan fingerprint density at radius 1 is 0.917 bits per heavy atom. The van der Waals surface area contributed by atoms with Gasteiger partial charge in [-0.1, -0.05) is 35.9 Å². The Hall–Kier alpha value is -4.17. The Balaban J connectivity index is 1.22. The average molecular weight is 504 g/mol. The number of ether oxygens (including phenoxy) is 1. The van der Waals surface area contributed by atoms with Gasteiger partial charge in [0.05, 0.1) is 23.4 Å². The SMILES string of the molecule is O=C(CCCN1C(=O)c2ccccc2C1=O)Nc1ccc2c(c1)N(Cc1cccc(Cl)c1)C(=O)CO2. The third-order valence-electron chi connectivity index (χ3n) is 6.08. The zero-order chi connectivity index (χ0) is 25.2. The first-order chi connectivity index (χ1) is 17.4. The van der Waals surface area contributed by atoms with Gasteiger partial charge < -0.3 is 15.0 Å². The van der Waals surface area contributed by atoms with Crippen LogP contribution in [0.1, 0.15) is 39.1 Å². The molecule has 3 aromatic rings. The molecule has 4 amide bonds. The summed E-state index contributed by atoms with van der Waals surface area (Å²) < 4.78 is 5.56. The highest BCUT2D eigenvalue weighted by Crippen LogP contribution is 2.36. The second kappa shape index (κ2) is 9.83. The predicted molar refractivity (Wildman–Crippen MR) is 134 cm³/mol. The van der Waals surface area contributed by atoms with E-state index in [2.05, 4.69) is 5.32 Å². The quantitative estimate of drug-likeness (QED) is 0.485. The van der Waals surface area contributed by atoms with Crippen molar-refractivity contribution in [3.63, 3.8) is 0 Å². The molecule has 0 atom stereocenters. The molecule has 0 aromatic heterocycles. The molecule has 3 aromatic carbocycles. The van der Waals surface area contributed by atoms with Gasteiger partial charge in [0.1, 0.15) is 5.75 Å². The standard InChI is InChI=1S/C27H22ClN3O5/c28-18-6-3-5-17(13-18)15-31-22-14-19(10-11-23(22)36-16-25(31)33)29-24(32)9-4-12-30-26(34)20-7-1-2-8-21(20)27(30)35/h1-3,5-8,10-11,13-14H,4,9,12,15-16H2,(H,29,32). The van der Waals surface area contributed by atoms with Crippen molar-refractivity contribution in [2.45, 2.75) is 19.4 Å². The summed E-state index contributed by atoms with van der Waals surface area (Å²) >= 11 is 6.09. The Bertz CT molecular complexity index is 1350. The number of nitrogens with zero attached hydrogens (tertiary/aromatic N) is 2. The van der Waals surface area contributed by atoms with Gasteiger partial charge in [0, 0.05) is 23.7 Å². The number of rotatable bonds is 7. The molecular formula is C27H22ClN3O5. The van der Waals surface area contributed by atoms with Gasteiger partial charge >= 0.3 is 0 Å². The number of halogens is 1. The van der Waals surface area contributed by atoms with E-state index in [0.29, 0.717) is 46.2 Å². The molecule has 0 bridgehead atoms. The second-order valence-corrected chi connectivity index (χ2v) is 8.98. The van der Waals surface area contributed by atoms with Crippen molar-refractivity contribution >= 4 is 46.6 Å². The summed E-state index contributed by atoms with van der Waals surface area (Å²) in [5, 5.41) is 3.40. The average Bonchev–Trinajstić information content (AvgIpc) is 3.11. The Kier molecular flexibility index (Phi) is 6.43. The summed E-state index contributed by atoms with van der Waals surface area (Å²) in [4.78, 5) is 52.9. The zero-order valence-electron chi connectivity index (χ0n) is 19.2. The zero-order valence-corrected chi connectivity index (χ0v) is 20.0. The van der Waals surface area contributed by atoms with E-state index in [1.54, 1.807) is 59.5 Å². The third kappa shape index (κ3) is 4.67. The van der Waals surface area contributed by atoms with Crippen molar-refractivity contribution in [1.82, 2.24) is 4.90 Å². The van der Waals surface area contributed by atoms with Gasteiger partial charge in [-0.25, -0.2) is 0 Å². The van der Waals surface area contributed by atoms with Gasteiger partial charge in [-0.05, 0) is 54.4 Å². The molecule has 2 heterocycles. The van der Waals surface area contributed by atoms with Crippen LogP contribution in [-0.2, 0) is 16.1 Å². The summed E-state index contributed by atoms with van der Waals surface area (Å²) in [5.41, 5.74) is 2.70. The molecule has 2 aliphatic heterocycles. The molecule has 9 heteroatoms. The van der Waals surface area contributed by atoms with Crippen LogP contribution in [0.3, 0.4) is 0 Å². The fraction of sp³-hybridized carbons (Fsp3) is 0.185. The normalized spacial score (nSPS) is 14.4. The minimum absolute atomic E-state index is 0.0723. The number of amides is 4. The molecule has 0 fully saturated rings. The minimum atomic E-state index is -0.338. The van der Waals surface area contributed by atoms with Gasteiger partial charge in [-0.15, -0.1) is 0 Å². The summed E-state index contributed by atoms with van der Waals surface area (Å²) in [5.74, 6) is -0.603. The number of benzene rings is 3. The van der Waals surface area contributed by atoms with E-state index in [1.807, 2.05) is 12.1 Å². The highest BCUT2D eigenvalue weighted by Gasteiger charge is 2.34. The lowest BCUT2D eigenvalue weighted by Gasteiger charge is -2.30. The number of hydrogen-bond donors (Lipinski definition) is 1. The Morgan fingerprint density at radius 3 is 2.39 bits per heavy atom. The Morgan fingerprint density at radius 2 is 1.67 bits per heavy atom. The van der Waals surface area contributed by atoms with Crippen molar-refractivity contribution in [3.05, 3.63) is 88.4 Å². The van der Waals surface area contributed by atoms with Crippen LogP contribution in [0, 0.1) is 0 Å². The van der Waals surface area contributed by atoms with Crippen molar-refractivity contribution in [3.8, 4) is 5.75 Å². The largest absolute Gasteiger partial charge is 0.482 e.